The second kappa shape index (κ2) is 6.04. The standard InChI is InChI=1S/C14H13F5N2O/c1-7-9(8(2)22-21-7)6-20-13(14(17,18)19)12-10(15)4-3-5-11(12)16/h3-5,13,20H,6H2,1-2H3/t13-/m0/s1. The van der Waals surface area contributed by atoms with Crippen molar-refractivity contribution < 1.29 is 26.5 Å². The summed E-state index contributed by atoms with van der Waals surface area (Å²) in [6.45, 7) is 2.84. The molecular weight excluding hydrogens is 307 g/mol. The summed E-state index contributed by atoms with van der Waals surface area (Å²) < 4.78 is 71.6. The zero-order valence-corrected chi connectivity index (χ0v) is 11.8. The summed E-state index contributed by atoms with van der Waals surface area (Å²) in [5.74, 6) is -2.16. The minimum absolute atomic E-state index is 0.279. The average molecular weight is 320 g/mol. The van der Waals surface area contributed by atoms with Gasteiger partial charge in [0.05, 0.1) is 5.69 Å². The fraction of sp³-hybridized carbons (Fsp3) is 0.357. The molecule has 1 atom stereocenters. The molecule has 1 heterocycles. The van der Waals surface area contributed by atoms with Gasteiger partial charge in [-0.05, 0) is 26.0 Å². The Labute approximate surface area is 123 Å². The third-order valence-electron chi connectivity index (χ3n) is 3.28. The van der Waals surface area contributed by atoms with Crippen molar-refractivity contribution in [2.24, 2.45) is 0 Å². The van der Waals surface area contributed by atoms with Crippen LogP contribution in [0.4, 0.5) is 22.0 Å². The van der Waals surface area contributed by atoms with Crippen molar-refractivity contribution in [1.29, 1.82) is 0 Å². The van der Waals surface area contributed by atoms with Gasteiger partial charge in [-0.1, -0.05) is 11.2 Å². The second-order valence-corrected chi connectivity index (χ2v) is 4.79. The highest BCUT2D eigenvalue weighted by molar-refractivity contribution is 5.26. The van der Waals surface area contributed by atoms with E-state index in [-0.39, 0.29) is 6.54 Å². The van der Waals surface area contributed by atoms with Crippen LogP contribution in [0.2, 0.25) is 0 Å². The summed E-state index contributed by atoms with van der Waals surface area (Å²) in [4.78, 5) is 0. The largest absolute Gasteiger partial charge is 0.408 e. The monoisotopic (exact) mass is 320 g/mol. The van der Waals surface area contributed by atoms with Gasteiger partial charge in [0.2, 0.25) is 0 Å². The number of nitrogens with zero attached hydrogens (tertiary/aromatic N) is 1. The van der Waals surface area contributed by atoms with Crippen LogP contribution in [0.5, 0.6) is 0 Å². The quantitative estimate of drug-likeness (QED) is 0.867. The van der Waals surface area contributed by atoms with E-state index in [9.17, 15) is 22.0 Å². The van der Waals surface area contributed by atoms with Crippen LogP contribution in [0.15, 0.2) is 22.7 Å². The van der Waals surface area contributed by atoms with Gasteiger partial charge in [0.25, 0.3) is 0 Å². The maximum absolute atomic E-state index is 13.6. The minimum Gasteiger partial charge on any atom is -0.361 e. The summed E-state index contributed by atoms with van der Waals surface area (Å²) >= 11 is 0. The summed E-state index contributed by atoms with van der Waals surface area (Å²) in [6.07, 6.45) is -4.86. The maximum atomic E-state index is 13.6. The van der Waals surface area contributed by atoms with E-state index in [1.807, 2.05) is 0 Å². The van der Waals surface area contributed by atoms with Gasteiger partial charge < -0.3 is 4.52 Å². The third kappa shape index (κ3) is 3.27. The molecule has 0 aliphatic rings. The van der Waals surface area contributed by atoms with E-state index < -0.39 is 29.4 Å². The number of aromatic nitrogens is 1. The number of aryl methyl sites for hydroxylation is 2. The summed E-state index contributed by atoms with van der Waals surface area (Å²) in [7, 11) is 0. The number of alkyl halides is 3. The van der Waals surface area contributed by atoms with Crippen molar-refractivity contribution in [1.82, 2.24) is 10.5 Å². The Morgan fingerprint density at radius 3 is 2.23 bits per heavy atom. The molecule has 0 bridgehead atoms. The number of halogens is 5. The highest BCUT2D eigenvalue weighted by atomic mass is 19.4. The van der Waals surface area contributed by atoms with E-state index in [1.54, 1.807) is 13.8 Å². The lowest BCUT2D eigenvalue weighted by molar-refractivity contribution is -0.159. The van der Waals surface area contributed by atoms with Crippen molar-refractivity contribution >= 4 is 0 Å². The Hall–Kier alpha value is -1.96. The van der Waals surface area contributed by atoms with Crippen molar-refractivity contribution in [3.8, 4) is 0 Å². The van der Waals surface area contributed by atoms with Gasteiger partial charge in [0.15, 0.2) is 0 Å². The molecule has 0 amide bonds. The normalized spacial score (nSPS) is 13.4. The molecule has 0 saturated carbocycles. The molecular formula is C14H13F5N2O. The number of benzene rings is 1. The molecule has 2 aromatic rings. The van der Waals surface area contributed by atoms with Crippen LogP contribution >= 0.6 is 0 Å². The smallest absolute Gasteiger partial charge is 0.361 e. The van der Waals surface area contributed by atoms with Gasteiger partial charge in [-0.25, -0.2) is 8.78 Å². The fourth-order valence-electron chi connectivity index (χ4n) is 2.13. The third-order valence-corrected chi connectivity index (χ3v) is 3.28. The molecule has 8 heteroatoms. The van der Waals surface area contributed by atoms with Gasteiger partial charge in [0, 0.05) is 17.7 Å². The predicted octanol–water partition coefficient (Wildman–Crippen LogP) is 3.96. The van der Waals surface area contributed by atoms with Gasteiger partial charge in [-0.2, -0.15) is 13.2 Å². The van der Waals surface area contributed by atoms with Crippen LogP contribution in [0.25, 0.3) is 0 Å². The molecule has 0 spiro atoms. The van der Waals surface area contributed by atoms with Crippen LogP contribution in [0.3, 0.4) is 0 Å². The highest BCUT2D eigenvalue weighted by Gasteiger charge is 2.43. The predicted molar refractivity (Wildman–Crippen MR) is 68.0 cm³/mol. The van der Waals surface area contributed by atoms with E-state index in [1.165, 1.54) is 0 Å². The van der Waals surface area contributed by atoms with Crippen molar-refractivity contribution in [2.75, 3.05) is 0 Å². The lowest BCUT2D eigenvalue weighted by Crippen LogP contribution is -2.35. The molecule has 0 aliphatic heterocycles. The first-order valence-electron chi connectivity index (χ1n) is 6.37. The van der Waals surface area contributed by atoms with Crippen molar-refractivity contribution in [3.63, 3.8) is 0 Å². The molecule has 120 valence electrons. The molecule has 3 nitrogen and oxygen atoms in total. The van der Waals surface area contributed by atoms with Crippen LogP contribution in [0, 0.1) is 25.5 Å². The minimum atomic E-state index is -4.86. The number of hydrogen-bond acceptors (Lipinski definition) is 3. The van der Waals surface area contributed by atoms with Crippen LogP contribution in [-0.4, -0.2) is 11.3 Å². The second-order valence-electron chi connectivity index (χ2n) is 4.79. The van der Waals surface area contributed by atoms with E-state index in [0.717, 1.165) is 18.2 Å². The Balaban J connectivity index is 2.33. The molecule has 22 heavy (non-hydrogen) atoms. The SMILES string of the molecule is Cc1noc(C)c1CN[C@@H](c1c(F)cccc1F)C(F)(F)F. The van der Waals surface area contributed by atoms with Gasteiger partial charge in [-0.15, -0.1) is 0 Å². The van der Waals surface area contributed by atoms with Crippen LogP contribution in [0.1, 0.15) is 28.6 Å². The zero-order chi connectivity index (χ0) is 16.5. The first kappa shape index (κ1) is 16.4. The van der Waals surface area contributed by atoms with Crippen LogP contribution < -0.4 is 5.32 Å². The Bertz CT molecular complexity index is 626. The number of nitrogens with one attached hydrogen (secondary N) is 1. The average Bonchev–Trinajstić information content (AvgIpc) is 2.71. The summed E-state index contributed by atoms with van der Waals surface area (Å²) in [5, 5.41) is 5.76. The maximum Gasteiger partial charge on any atom is 0.408 e. The van der Waals surface area contributed by atoms with E-state index >= 15 is 0 Å². The van der Waals surface area contributed by atoms with Crippen molar-refractivity contribution in [3.05, 3.63) is 52.4 Å². The molecule has 1 aromatic carbocycles. The molecule has 0 radical (unpaired) electrons. The number of hydrogen-bond donors (Lipinski definition) is 1. The molecule has 0 fully saturated rings. The molecule has 0 unspecified atom stereocenters. The topological polar surface area (TPSA) is 38.1 Å². The van der Waals surface area contributed by atoms with Crippen molar-refractivity contribution in [2.45, 2.75) is 32.6 Å². The molecule has 2 rings (SSSR count). The Kier molecular flexibility index (Phi) is 4.50. The van der Waals surface area contributed by atoms with E-state index in [0.29, 0.717) is 17.0 Å². The lowest BCUT2D eigenvalue weighted by atomic mass is 10.0. The van der Waals surface area contributed by atoms with E-state index in [2.05, 4.69) is 10.5 Å². The summed E-state index contributed by atoms with van der Waals surface area (Å²) in [6, 6.07) is 0.113. The zero-order valence-electron chi connectivity index (χ0n) is 11.8. The number of rotatable bonds is 4. The van der Waals surface area contributed by atoms with Gasteiger partial charge >= 0.3 is 6.18 Å². The molecule has 0 aliphatic carbocycles. The molecule has 1 N–H and O–H groups in total. The lowest BCUT2D eigenvalue weighted by Gasteiger charge is -2.23. The van der Waals surface area contributed by atoms with Crippen LogP contribution in [-0.2, 0) is 6.54 Å². The molecule has 1 aromatic heterocycles. The van der Waals surface area contributed by atoms with E-state index in [4.69, 9.17) is 4.52 Å². The van der Waals surface area contributed by atoms with Gasteiger partial charge in [-0.3, -0.25) is 5.32 Å². The van der Waals surface area contributed by atoms with Gasteiger partial charge in [0.1, 0.15) is 23.4 Å². The fourth-order valence-corrected chi connectivity index (χ4v) is 2.13. The first-order chi connectivity index (χ1) is 10.2. The Morgan fingerprint density at radius 2 is 1.77 bits per heavy atom. The summed E-state index contributed by atoms with van der Waals surface area (Å²) in [5.41, 5.74) is -0.215. The molecule has 0 saturated heterocycles. The Morgan fingerprint density at radius 1 is 1.18 bits per heavy atom. The highest BCUT2D eigenvalue weighted by Crippen LogP contribution is 2.35. The first-order valence-corrected chi connectivity index (χ1v) is 6.37.